The van der Waals surface area contributed by atoms with Crippen molar-refractivity contribution in [3.63, 3.8) is 0 Å². The number of H-pyrrole nitrogens is 1. The molecule has 2 N–H and O–H groups in total. The molecule has 0 aliphatic heterocycles. The third kappa shape index (κ3) is 2.51. The minimum atomic E-state index is 0.830. The first-order chi connectivity index (χ1) is 9.24. The first-order valence-electron chi connectivity index (χ1n) is 6.29. The third-order valence-electron chi connectivity index (χ3n) is 3.33. The van der Waals surface area contributed by atoms with Crippen LogP contribution >= 0.6 is 15.9 Å². The summed E-state index contributed by atoms with van der Waals surface area (Å²) in [5.74, 6) is 0. The van der Waals surface area contributed by atoms with Gasteiger partial charge in [-0.25, -0.2) is 0 Å². The Hall–Kier alpha value is -1.74. The van der Waals surface area contributed by atoms with Gasteiger partial charge in [-0.1, -0.05) is 28.1 Å². The van der Waals surface area contributed by atoms with Gasteiger partial charge in [-0.15, -0.1) is 0 Å². The van der Waals surface area contributed by atoms with Crippen LogP contribution in [0.5, 0.6) is 0 Å². The van der Waals surface area contributed by atoms with Crippen LogP contribution in [0.15, 0.2) is 53.1 Å². The summed E-state index contributed by atoms with van der Waals surface area (Å²) in [5.41, 5.74) is 4.88. The van der Waals surface area contributed by atoms with E-state index < -0.39 is 0 Å². The highest BCUT2D eigenvalue weighted by Crippen LogP contribution is 2.22. The zero-order valence-electron chi connectivity index (χ0n) is 10.7. The van der Waals surface area contributed by atoms with Crippen LogP contribution in [0, 0.1) is 6.92 Å². The number of anilines is 1. The van der Waals surface area contributed by atoms with Crippen molar-refractivity contribution in [2.24, 2.45) is 0 Å². The minimum absolute atomic E-state index is 0.830. The molecule has 3 aromatic rings. The first kappa shape index (κ1) is 12.3. The van der Waals surface area contributed by atoms with Crippen molar-refractivity contribution >= 4 is 32.5 Å². The highest BCUT2D eigenvalue weighted by molar-refractivity contribution is 9.10. The van der Waals surface area contributed by atoms with E-state index in [0.29, 0.717) is 0 Å². The Morgan fingerprint density at radius 2 is 2.05 bits per heavy atom. The summed E-state index contributed by atoms with van der Waals surface area (Å²) in [7, 11) is 0. The van der Waals surface area contributed by atoms with Crippen molar-refractivity contribution in [3.8, 4) is 0 Å². The molecule has 19 heavy (non-hydrogen) atoms. The number of fused-ring (bicyclic) bond motifs is 1. The standard InChI is InChI=1S/C16H15BrN2/c1-11-9-13(5-6-15(11)17)19-10-12-3-2-4-16-14(12)7-8-18-16/h2-9,18-19H,10H2,1H3. The number of nitrogens with one attached hydrogen (secondary N) is 2. The van der Waals surface area contributed by atoms with E-state index >= 15 is 0 Å². The SMILES string of the molecule is Cc1cc(NCc2cccc3[nH]ccc23)ccc1Br. The average molecular weight is 315 g/mol. The monoisotopic (exact) mass is 314 g/mol. The molecule has 0 spiro atoms. The Morgan fingerprint density at radius 1 is 1.16 bits per heavy atom. The number of hydrogen-bond acceptors (Lipinski definition) is 1. The lowest BCUT2D eigenvalue weighted by atomic mass is 10.1. The molecule has 0 saturated carbocycles. The summed E-state index contributed by atoms with van der Waals surface area (Å²) in [4.78, 5) is 3.24. The highest BCUT2D eigenvalue weighted by Gasteiger charge is 2.02. The van der Waals surface area contributed by atoms with E-state index in [4.69, 9.17) is 0 Å². The molecule has 2 aromatic carbocycles. The first-order valence-corrected chi connectivity index (χ1v) is 7.08. The van der Waals surface area contributed by atoms with E-state index in [1.54, 1.807) is 0 Å². The van der Waals surface area contributed by atoms with Gasteiger partial charge in [0, 0.05) is 33.8 Å². The predicted octanol–water partition coefficient (Wildman–Crippen LogP) is 4.85. The van der Waals surface area contributed by atoms with E-state index in [-0.39, 0.29) is 0 Å². The van der Waals surface area contributed by atoms with Gasteiger partial charge >= 0.3 is 0 Å². The van der Waals surface area contributed by atoms with Crippen LogP contribution in [0.4, 0.5) is 5.69 Å². The van der Waals surface area contributed by atoms with Crippen LogP contribution in [0.25, 0.3) is 10.9 Å². The van der Waals surface area contributed by atoms with Crippen LogP contribution in [0.3, 0.4) is 0 Å². The molecule has 0 saturated heterocycles. The number of rotatable bonds is 3. The van der Waals surface area contributed by atoms with E-state index in [1.807, 2.05) is 6.20 Å². The molecule has 1 aromatic heterocycles. The second-order valence-electron chi connectivity index (χ2n) is 4.67. The summed E-state index contributed by atoms with van der Waals surface area (Å²) in [6, 6.07) is 14.8. The van der Waals surface area contributed by atoms with Crippen molar-refractivity contribution in [3.05, 3.63) is 64.3 Å². The third-order valence-corrected chi connectivity index (χ3v) is 4.22. The second kappa shape index (κ2) is 5.10. The molecule has 1 heterocycles. The molecule has 0 atom stereocenters. The molecule has 0 aliphatic rings. The largest absolute Gasteiger partial charge is 0.381 e. The van der Waals surface area contributed by atoms with Crippen LogP contribution < -0.4 is 5.32 Å². The Morgan fingerprint density at radius 3 is 2.89 bits per heavy atom. The van der Waals surface area contributed by atoms with Crippen molar-refractivity contribution < 1.29 is 0 Å². The Bertz CT molecular complexity index is 716. The van der Waals surface area contributed by atoms with Crippen molar-refractivity contribution in [1.82, 2.24) is 4.98 Å². The summed E-state index contributed by atoms with van der Waals surface area (Å²) < 4.78 is 1.14. The summed E-state index contributed by atoms with van der Waals surface area (Å²) >= 11 is 3.52. The summed E-state index contributed by atoms with van der Waals surface area (Å²) in [6.45, 7) is 2.93. The number of aromatic amines is 1. The maximum Gasteiger partial charge on any atom is 0.0457 e. The number of halogens is 1. The van der Waals surface area contributed by atoms with E-state index in [2.05, 4.69) is 75.6 Å². The lowest BCUT2D eigenvalue weighted by molar-refractivity contribution is 1.16. The Balaban J connectivity index is 1.82. The molecule has 2 nitrogen and oxygen atoms in total. The maximum absolute atomic E-state index is 3.52. The van der Waals surface area contributed by atoms with Gasteiger partial charge in [0.2, 0.25) is 0 Å². The lowest BCUT2D eigenvalue weighted by Gasteiger charge is -2.09. The molecule has 3 rings (SSSR count). The molecule has 0 fully saturated rings. The Labute approximate surface area is 121 Å². The fourth-order valence-electron chi connectivity index (χ4n) is 2.26. The van der Waals surface area contributed by atoms with Crippen LogP contribution in [0.2, 0.25) is 0 Å². The van der Waals surface area contributed by atoms with Gasteiger partial charge in [0.05, 0.1) is 0 Å². The van der Waals surface area contributed by atoms with Gasteiger partial charge in [0.15, 0.2) is 0 Å². The molecule has 0 unspecified atom stereocenters. The number of aromatic nitrogens is 1. The fraction of sp³-hybridized carbons (Fsp3) is 0.125. The highest BCUT2D eigenvalue weighted by atomic mass is 79.9. The molecular weight excluding hydrogens is 300 g/mol. The fourth-order valence-corrected chi connectivity index (χ4v) is 2.50. The smallest absolute Gasteiger partial charge is 0.0457 e. The quantitative estimate of drug-likeness (QED) is 0.710. The molecule has 0 bridgehead atoms. The van der Waals surface area contributed by atoms with Crippen LogP contribution in [-0.2, 0) is 6.54 Å². The molecule has 0 radical (unpaired) electrons. The maximum atomic E-state index is 3.52. The number of benzene rings is 2. The predicted molar refractivity (Wildman–Crippen MR) is 84.5 cm³/mol. The normalized spacial score (nSPS) is 10.8. The van der Waals surface area contributed by atoms with E-state index in [1.165, 1.54) is 22.0 Å². The molecular formula is C16H15BrN2. The average Bonchev–Trinajstić information content (AvgIpc) is 2.89. The summed E-state index contributed by atoms with van der Waals surface area (Å²) in [6.07, 6.45) is 1.98. The zero-order chi connectivity index (χ0) is 13.2. The number of aryl methyl sites for hydroxylation is 1. The van der Waals surface area contributed by atoms with Gasteiger partial charge in [0.25, 0.3) is 0 Å². The van der Waals surface area contributed by atoms with Crippen LogP contribution in [-0.4, -0.2) is 4.98 Å². The van der Waals surface area contributed by atoms with Crippen molar-refractivity contribution in [1.29, 1.82) is 0 Å². The topological polar surface area (TPSA) is 27.8 Å². The van der Waals surface area contributed by atoms with Crippen molar-refractivity contribution in [2.45, 2.75) is 13.5 Å². The molecule has 3 heteroatoms. The van der Waals surface area contributed by atoms with Gasteiger partial charge in [-0.2, -0.15) is 0 Å². The second-order valence-corrected chi connectivity index (χ2v) is 5.53. The van der Waals surface area contributed by atoms with E-state index in [0.717, 1.165) is 16.7 Å². The molecule has 96 valence electrons. The van der Waals surface area contributed by atoms with Crippen molar-refractivity contribution in [2.75, 3.05) is 5.32 Å². The van der Waals surface area contributed by atoms with Gasteiger partial charge in [-0.3, -0.25) is 0 Å². The zero-order valence-corrected chi connectivity index (χ0v) is 12.3. The van der Waals surface area contributed by atoms with Gasteiger partial charge < -0.3 is 10.3 Å². The minimum Gasteiger partial charge on any atom is -0.381 e. The van der Waals surface area contributed by atoms with Gasteiger partial charge in [-0.05, 0) is 48.4 Å². The number of hydrogen-bond donors (Lipinski definition) is 2. The summed E-state index contributed by atoms with van der Waals surface area (Å²) in [5, 5.41) is 4.76. The Kier molecular flexibility index (Phi) is 3.30. The lowest BCUT2D eigenvalue weighted by Crippen LogP contribution is -2.00. The van der Waals surface area contributed by atoms with Crippen LogP contribution in [0.1, 0.15) is 11.1 Å². The molecule has 0 amide bonds. The van der Waals surface area contributed by atoms with Gasteiger partial charge in [0.1, 0.15) is 0 Å². The van der Waals surface area contributed by atoms with E-state index in [9.17, 15) is 0 Å². The molecule has 0 aliphatic carbocycles.